The zero-order chi connectivity index (χ0) is 18.4. The fourth-order valence-corrected chi connectivity index (χ4v) is 3.07. The van der Waals surface area contributed by atoms with Gasteiger partial charge in [0.2, 0.25) is 5.91 Å². The summed E-state index contributed by atoms with van der Waals surface area (Å²) in [5.41, 5.74) is 1.86. The van der Waals surface area contributed by atoms with E-state index in [2.05, 4.69) is 32.6 Å². The first kappa shape index (κ1) is 17.9. The lowest BCUT2D eigenvalue weighted by Crippen LogP contribution is -2.55. The third-order valence-electron chi connectivity index (χ3n) is 4.63. The van der Waals surface area contributed by atoms with Crippen molar-refractivity contribution in [1.82, 2.24) is 10.2 Å². The molecule has 3 amide bonds. The standard InChI is InChI=1S/C20H24N4O2/c1-16(19(25)22-20(26)21-17-8-4-2-5-9-17)23-12-14-24(15-13-23)18-10-6-3-7-11-18/h2-11,16H,12-15H2,1H3,(H2,21,22,25,26)/t16-/m0/s1. The summed E-state index contributed by atoms with van der Waals surface area (Å²) in [6.07, 6.45) is 0. The highest BCUT2D eigenvalue weighted by Gasteiger charge is 2.26. The summed E-state index contributed by atoms with van der Waals surface area (Å²) in [4.78, 5) is 28.8. The zero-order valence-electron chi connectivity index (χ0n) is 14.9. The first-order valence-corrected chi connectivity index (χ1v) is 8.84. The number of nitrogens with one attached hydrogen (secondary N) is 2. The largest absolute Gasteiger partial charge is 0.369 e. The lowest BCUT2D eigenvalue weighted by Gasteiger charge is -2.38. The summed E-state index contributed by atoms with van der Waals surface area (Å²) in [7, 11) is 0. The Morgan fingerprint density at radius 2 is 1.46 bits per heavy atom. The van der Waals surface area contributed by atoms with E-state index in [1.165, 1.54) is 5.69 Å². The van der Waals surface area contributed by atoms with Crippen molar-refractivity contribution in [2.24, 2.45) is 0 Å². The number of anilines is 2. The molecule has 26 heavy (non-hydrogen) atoms. The Hall–Kier alpha value is -2.86. The number of carbonyl (C=O) groups excluding carboxylic acids is 2. The van der Waals surface area contributed by atoms with Gasteiger partial charge in [-0.05, 0) is 31.2 Å². The van der Waals surface area contributed by atoms with Gasteiger partial charge in [-0.3, -0.25) is 15.0 Å². The molecular formula is C20H24N4O2. The van der Waals surface area contributed by atoms with Crippen LogP contribution in [0.1, 0.15) is 6.92 Å². The van der Waals surface area contributed by atoms with Gasteiger partial charge in [-0.25, -0.2) is 4.79 Å². The maximum Gasteiger partial charge on any atom is 0.325 e. The van der Waals surface area contributed by atoms with Crippen LogP contribution < -0.4 is 15.5 Å². The number of hydrogen-bond acceptors (Lipinski definition) is 4. The van der Waals surface area contributed by atoms with Crippen LogP contribution in [0, 0.1) is 0 Å². The number of carbonyl (C=O) groups is 2. The van der Waals surface area contributed by atoms with E-state index >= 15 is 0 Å². The SMILES string of the molecule is C[C@@H](C(=O)NC(=O)Nc1ccccc1)N1CCN(c2ccccc2)CC1. The van der Waals surface area contributed by atoms with E-state index in [9.17, 15) is 9.59 Å². The summed E-state index contributed by atoms with van der Waals surface area (Å²) in [5.74, 6) is -0.286. The van der Waals surface area contributed by atoms with Gasteiger partial charge < -0.3 is 10.2 Å². The molecule has 2 aromatic rings. The van der Waals surface area contributed by atoms with Gasteiger partial charge in [-0.1, -0.05) is 36.4 Å². The van der Waals surface area contributed by atoms with E-state index in [4.69, 9.17) is 0 Å². The number of piperazine rings is 1. The second-order valence-electron chi connectivity index (χ2n) is 6.34. The minimum Gasteiger partial charge on any atom is -0.369 e. The number of hydrogen-bond donors (Lipinski definition) is 2. The van der Waals surface area contributed by atoms with Crippen molar-refractivity contribution in [3.63, 3.8) is 0 Å². The topological polar surface area (TPSA) is 64.7 Å². The van der Waals surface area contributed by atoms with Gasteiger partial charge in [0.1, 0.15) is 0 Å². The summed E-state index contributed by atoms with van der Waals surface area (Å²) in [6, 6.07) is 18.5. The van der Waals surface area contributed by atoms with Crippen molar-refractivity contribution in [3.05, 3.63) is 60.7 Å². The highest BCUT2D eigenvalue weighted by atomic mass is 16.2. The number of rotatable bonds is 4. The molecule has 2 aromatic carbocycles. The van der Waals surface area contributed by atoms with E-state index in [0.29, 0.717) is 5.69 Å². The number of imide groups is 1. The highest BCUT2D eigenvalue weighted by Crippen LogP contribution is 2.16. The molecule has 0 saturated carbocycles. The van der Waals surface area contributed by atoms with Crippen LogP contribution in [0.5, 0.6) is 0 Å². The quantitative estimate of drug-likeness (QED) is 0.888. The van der Waals surface area contributed by atoms with Gasteiger partial charge in [0.15, 0.2) is 0 Å². The maximum absolute atomic E-state index is 12.4. The molecule has 0 spiro atoms. The molecule has 6 nitrogen and oxygen atoms in total. The van der Waals surface area contributed by atoms with Crippen LogP contribution in [0.15, 0.2) is 60.7 Å². The number of amides is 3. The van der Waals surface area contributed by atoms with Crippen LogP contribution in [-0.4, -0.2) is 49.1 Å². The first-order chi connectivity index (χ1) is 12.6. The van der Waals surface area contributed by atoms with Crippen molar-refractivity contribution in [1.29, 1.82) is 0 Å². The van der Waals surface area contributed by atoms with Crippen LogP contribution in [-0.2, 0) is 4.79 Å². The molecule has 1 aliphatic rings. The molecule has 0 aromatic heterocycles. The Kier molecular flexibility index (Phi) is 5.86. The summed E-state index contributed by atoms with van der Waals surface area (Å²) >= 11 is 0. The van der Waals surface area contributed by atoms with E-state index in [-0.39, 0.29) is 11.9 Å². The number of benzene rings is 2. The zero-order valence-corrected chi connectivity index (χ0v) is 14.9. The van der Waals surface area contributed by atoms with E-state index in [0.717, 1.165) is 26.2 Å². The van der Waals surface area contributed by atoms with E-state index in [1.807, 2.05) is 43.3 Å². The molecule has 1 saturated heterocycles. The summed E-state index contributed by atoms with van der Waals surface area (Å²) in [6.45, 7) is 5.12. The summed E-state index contributed by atoms with van der Waals surface area (Å²) in [5, 5.41) is 5.09. The van der Waals surface area contributed by atoms with E-state index in [1.54, 1.807) is 12.1 Å². The molecule has 2 N–H and O–H groups in total. The minimum atomic E-state index is -0.504. The fourth-order valence-electron chi connectivity index (χ4n) is 3.07. The maximum atomic E-state index is 12.4. The van der Waals surface area contributed by atoms with Crippen molar-refractivity contribution in [3.8, 4) is 0 Å². The molecule has 3 rings (SSSR count). The van der Waals surface area contributed by atoms with Crippen LogP contribution in [0.3, 0.4) is 0 Å². The van der Waals surface area contributed by atoms with E-state index < -0.39 is 6.03 Å². The van der Waals surface area contributed by atoms with Crippen molar-refractivity contribution < 1.29 is 9.59 Å². The average Bonchev–Trinajstić information content (AvgIpc) is 2.69. The monoisotopic (exact) mass is 352 g/mol. The second-order valence-corrected chi connectivity index (χ2v) is 6.34. The molecule has 0 aliphatic carbocycles. The van der Waals surface area contributed by atoms with Gasteiger partial charge in [0.05, 0.1) is 6.04 Å². The van der Waals surface area contributed by atoms with Gasteiger partial charge in [0, 0.05) is 37.6 Å². The Morgan fingerprint density at radius 1 is 0.885 bits per heavy atom. The predicted octanol–water partition coefficient (Wildman–Crippen LogP) is 2.55. The van der Waals surface area contributed by atoms with Crippen LogP contribution in [0.25, 0.3) is 0 Å². The Bertz CT molecular complexity index is 728. The molecule has 0 bridgehead atoms. The number of para-hydroxylation sites is 2. The van der Waals surface area contributed by atoms with Crippen molar-refractivity contribution >= 4 is 23.3 Å². The third kappa shape index (κ3) is 4.61. The lowest BCUT2D eigenvalue weighted by atomic mass is 10.2. The molecule has 1 aliphatic heterocycles. The van der Waals surface area contributed by atoms with Crippen molar-refractivity contribution in [2.75, 3.05) is 36.4 Å². The first-order valence-electron chi connectivity index (χ1n) is 8.84. The summed E-state index contributed by atoms with van der Waals surface area (Å²) < 4.78 is 0. The Labute approximate surface area is 153 Å². The van der Waals surface area contributed by atoms with Gasteiger partial charge >= 0.3 is 6.03 Å². The van der Waals surface area contributed by atoms with Crippen LogP contribution in [0.2, 0.25) is 0 Å². The van der Waals surface area contributed by atoms with Crippen molar-refractivity contribution in [2.45, 2.75) is 13.0 Å². The molecule has 0 radical (unpaired) electrons. The smallest absolute Gasteiger partial charge is 0.325 e. The van der Waals surface area contributed by atoms with Crippen LogP contribution in [0.4, 0.5) is 16.2 Å². The second kappa shape index (κ2) is 8.49. The minimum absolute atomic E-state index is 0.286. The molecule has 1 heterocycles. The number of nitrogens with zero attached hydrogens (tertiary/aromatic N) is 2. The van der Waals surface area contributed by atoms with Gasteiger partial charge in [-0.2, -0.15) is 0 Å². The molecular weight excluding hydrogens is 328 g/mol. The molecule has 0 unspecified atom stereocenters. The Morgan fingerprint density at radius 3 is 2.08 bits per heavy atom. The lowest BCUT2D eigenvalue weighted by molar-refractivity contribution is -0.124. The van der Waals surface area contributed by atoms with Gasteiger partial charge in [-0.15, -0.1) is 0 Å². The molecule has 1 atom stereocenters. The average molecular weight is 352 g/mol. The predicted molar refractivity (Wildman–Crippen MR) is 103 cm³/mol. The van der Waals surface area contributed by atoms with Crippen LogP contribution >= 0.6 is 0 Å². The normalized spacial score (nSPS) is 16.0. The number of urea groups is 1. The Balaban J connectivity index is 1.47. The molecule has 1 fully saturated rings. The molecule has 6 heteroatoms. The molecule has 136 valence electrons. The third-order valence-corrected chi connectivity index (χ3v) is 4.63. The fraction of sp³-hybridized carbons (Fsp3) is 0.300. The highest BCUT2D eigenvalue weighted by molar-refractivity contribution is 6.02. The van der Waals surface area contributed by atoms with Gasteiger partial charge in [0.25, 0.3) is 0 Å².